The molecule has 0 aromatic rings. The zero-order valence-corrected chi connectivity index (χ0v) is 10.1. The van der Waals surface area contributed by atoms with Crippen molar-refractivity contribution in [1.29, 1.82) is 0 Å². The SMILES string of the molecule is C1=C2CCCC[C@]23CC[C@@]2(CCCC[C@H]12)O3. The highest BCUT2D eigenvalue weighted by atomic mass is 16.5. The van der Waals surface area contributed by atoms with Crippen LogP contribution in [0.4, 0.5) is 0 Å². The smallest absolute Gasteiger partial charge is 0.0900 e. The second kappa shape index (κ2) is 3.13. The standard InChI is InChI=1S/C15H22O/c1-3-7-14-9-10-15(16-14)8-4-2-6-13(15)11-12(14)5-1/h11-12H,1-10H2/t12-,14-,15+/m1/s1. The molecule has 1 saturated heterocycles. The monoisotopic (exact) mass is 218 g/mol. The summed E-state index contributed by atoms with van der Waals surface area (Å²) in [5, 5.41) is 0. The van der Waals surface area contributed by atoms with Crippen LogP contribution in [-0.2, 0) is 4.74 Å². The predicted molar refractivity (Wildman–Crippen MR) is 64.3 cm³/mol. The molecule has 0 amide bonds. The highest BCUT2D eigenvalue weighted by molar-refractivity contribution is 5.30. The van der Waals surface area contributed by atoms with Crippen LogP contribution < -0.4 is 0 Å². The minimum atomic E-state index is 0.228. The molecule has 0 radical (unpaired) electrons. The molecule has 2 spiro atoms. The van der Waals surface area contributed by atoms with Gasteiger partial charge < -0.3 is 4.74 Å². The molecule has 2 aliphatic carbocycles. The van der Waals surface area contributed by atoms with Crippen molar-refractivity contribution in [3.05, 3.63) is 11.6 Å². The zero-order chi connectivity index (χ0) is 10.6. The minimum Gasteiger partial charge on any atom is -0.364 e. The average Bonchev–Trinajstić information content (AvgIpc) is 2.60. The van der Waals surface area contributed by atoms with Crippen LogP contribution in [0.2, 0.25) is 0 Å². The van der Waals surface area contributed by atoms with Crippen molar-refractivity contribution in [1.82, 2.24) is 0 Å². The Labute approximate surface area is 98.2 Å². The largest absolute Gasteiger partial charge is 0.364 e. The summed E-state index contributed by atoms with van der Waals surface area (Å²) in [6.07, 6.45) is 16.3. The van der Waals surface area contributed by atoms with Crippen LogP contribution in [0.25, 0.3) is 0 Å². The molecule has 88 valence electrons. The van der Waals surface area contributed by atoms with E-state index in [0.29, 0.717) is 5.60 Å². The van der Waals surface area contributed by atoms with Gasteiger partial charge in [-0.3, -0.25) is 0 Å². The molecule has 2 saturated carbocycles. The molecule has 0 N–H and O–H groups in total. The molecule has 0 aromatic carbocycles. The third kappa shape index (κ3) is 1.11. The van der Waals surface area contributed by atoms with Gasteiger partial charge in [0.05, 0.1) is 11.2 Å². The first-order chi connectivity index (χ1) is 7.83. The summed E-state index contributed by atoms with van der Waals surface area (Å²) in [5.74, 6) is 0.768. The van der Waals surface area contributed by atoms with E-state index in [0.717, 1.165) is 5.92 Å². The highest BCUT2D eigenvalue weighted by Crippen LogP contribution is 2.59. The molecule has 1 heteroatoms. The summed E-state index contributed by atoms with van der Waals surface area (Å²) in [6, 6.07) is 0. The molecular formula is C15H22O. The van der Waals surface area contributed by atoms with Gasteiger partial charge in [-0.05, 0) is 56.9 Å². The molecule has 4 rings (SSSR count). The van der Waals surface area contributed by atoms with Gasteiger partial charge in [0.1, 0.15) is 0 Å². The van der Waals surface area contributed by atoms with E-state index in [1.54, 1.807) is 5.57 Å². The van der Waals surface area contributed by atoms with Crippen molar-refractivity contribution >= 4 is 0 Å². The topological polar surface area (TPSA) is 9.23 Å². The molecule has 3 atom stereocenters. The Bertz CT molecular complexity index is 345. The van der Waals surface area contributed by atoms with E-state index in [1.807, 2.05) is 0 Å². The van der Waals surface area contributed by atoms with Crippen LogP contribution in [0.1, 0.15) is 64.2 Å². The zero-order valence-electron chi connectivity index (χ0n) is 10.1. The first-order valence-corrected chi connectivity index (χ1v) is 7.24. The van der Waals surface area contributed by atoms with Gasteiger partial charge >= 0.3 is 0 Å². The van der Waals surface area contributed by atoms with Gasteiger partial charge in [-0.25, -0.2) is 0 Å². The lowest BCUT2D eigenvalue weighted by molar-refractivity contribution is -0.141. The van der Waals surface area contributed by atoms with E-state index in [9.17, 15) is 0 Å². The van der Waals surface area contributed by atoms with Crippen molar-refractivity contribution in [2.24, 2.45) is 5.92 Å². The van der Waals surface area contributed by atoms with Crippen LogP contribution in [0.3, 0.4) is 0 Å². The van der Waals surface area contributed by atoms with Crippen LogP contribution in [-0.4, -0.2) is 11.2 Å². The second-order valence-electron chi connectivity index (χ2n) is 6.41. The molecule has 0 unspecified atom stereocenters. The molecule has 2 heterocycles. The van der Waals surface area contributed by atoms with E-state index >= 15 is 0 Å². The Morgan fingerprint density at radius 3 is 2.94 bits per heavy atom. The van der Waals surface area contributed by atoms with E-state index in [2.05, 4.69) is 6.08 Å². The molecule has 2 bridgehead atoms. The summed E-state index contributed by atoms with van der Waals surface area (Å²) in [7, 11) is 0. The van der Waals surface area contributed by atoms with E-state index in [-0.39, 0.29) is 5.60 Å². The summed E-state index contributed by atoms with van der Waals surface area (Å²) < 4.78 is 6.71. The average molecular weight is 218 g/mol. The fraction of sp³-hybridized carbons (Fsp3) is 0.867. The number of ether oxygens (including phenoxy) is 1. The van der Waals surface area contributed by atoms with E-state index in [1.165, 1.54) is 64.2 Å². The first-order valence-electron chi connectivity index (χ1n) is 7.24. The predicted octanol–water partition coefficient (Wildman–Crippen LogP) is 3.98. The van der Waals surface area contributed by atoms with Crippen molar-refractivity contribution in [3.63, 3.8) is 0 Å². The highest BCUT2D eigenvalue weighted by Gasteiger charge is 2.57. The maximum Gasteiger partial charge on any atom is 0.0900 e. The Kier molecular flexibility index (Phi) is 1.90. The number of hydrogen-bond acceptors (Lipinski definition) is 1. The van der Waals surface area contributed by atoms with Crippen LogP contribution in [0, 0.1) is 5.92 Å². The molecule has 4 aliphatic rings. The maximum absolute atomic E-state index is 6.71. The van der Waals surface area contributed by atoms with Gasteiger partial charge in [0.2, 0.25) is 0 Å². The summed E-state index contributed by atoms with van der Waals surface area (Å²) in [4.78, 5) is 0. The van der Waals surface area contributed by atoms with Crippen molar-refractivity contribution in [3.8, 4) is 0 Å². The van der Waals surface area contributed by atoms with E-state index < -0.39 is 0 Å². The maximum atomic E-state index is 6.71. The van der Waals surface area contributed by atoms with Gasteiger partial charge in [-0.1, -0.05) is 18.9 Å². The minimum absolute atomic E-state index is 0.228. The fourth-order valence-corrected chi connectivity index (χ4v) is 4.81. The van der Waals surface area contributed by atoms with Gasteiger partial charge in [0.25, 0.3) is 0 Å². The summed E-state index contributed by atoms with van der Waals surface area (Å²) in [5.41, 5.74) is 2.21. The molecule has 2 aliphatic heterocycles. The first kappa shape index (κ1) is 9.70. The van der Waals surface area contributed by atoms with Crippen molar-refractivity contribution in [2.45, 2.75) is 75.4 Å². The van der Waals surface area contributed by atoms with Crippen LogP contribution in [0.5, 0.6) is 0 Å². The fourth-order valence-electron chi connectivity index (χ4n) is 4.81. The molecular weight excluding hydrogens is 196 g/mol. The van der Waals surface area contributed by atoms with Gasteiger partial charge in [0, 0.05) is 5.92 Å². The van der Waals surface area contributed by atoms with Gasteiger partial charge in [-0.2, -0.15) is 0 Å². The quantitative estimate of drug-likeness (QED) is 0.559. The number of rotatable bonds is 0. The van der Waals surface area contributed by atoms with Crippen molar-refractivity contribution < 1.29 is 4.74 Å². The lowest BCUT2D eigenvalue weighted by Crippen LogP contribution is -2.48. The Morgan fingerprint density at radius 1 is 1.00 bits per heavy atom. The second-order valence-corrected chi connectivity index (χ2v) is 6.41. The Morgan fingerprint density at radius 2 is 1.94 bits per heavy atom. The molecule has 3 fully saturated rings. The Balaban J connectivity index is 1.78. The third-order valence-corrected chi connectivity index (χ3v) is 5.66. The lowest BCUT2D eigenvalue weighted by Gasteiger charge is -2.49. The molecule has 16 heavy (non-hydrogen) atoms. The van der Waals surface area contributed by atoms with Crippen LogP contribution in [0.15, 0.2) is 11.6 Å². The van der Waals surface area contributed by atoms with Crippen LogP contribution >= 0.6 is 0 Å². The summed E-state index contributed by atoms with van der Waals surface area (Å²) in [6.45, 7) is 0. The lowest BCUT2D eigenvalue weighted by atomic mass is 9.72. The van der Waals surface area contributed by atoms with Crippen molar-refractivity contribution in [2.75, 3.05) is 0 Å². The third-order valence-electron chi connectivity index (χ3n) is 5.66. The molecule has 1 nitrogen and oxygen atoms in total. The Hall–Kier alpha value is -0.300. The van der Waals surface area contributed by atoms with E-state index in [4.69, 9.17) is 4.74 Å². The van der Waals surface area contributed by atoms with Gasteiger partial charge in [0.15, 0.2) is 0 Å². The summed E-state index contributed by atoms with van der Waals surface area (Å²) >= 11 is 0. The van der Waals surface area contributed by atoms with Gasteiger partial charge in [-0.15, -0.1) is 0 Å². The number of hydrogen-bond donors (Lipinski definition) is 0. The molecule has 0 aromatic heterocycles. The normalized spacial score (nSPS) is 50.5.